The lowest BCUT2D eigenvalue weighted by atomic mass is 10.1. The van der Waals surface area contributed by atoms with Gasteiger partial charge >= 0.3 is 0 Å². The molecular weight excluding hydrogens is 512 g/mol. The number of benzene rings is 3. The zero-order chi connectivity index (χ0) is 27.4. The molecule has 1 N–H and O–H groups in total. The van der Waals surface area contributed by atoms with Gasteiger partial charge in [-0.1, -0.05) is 59.1 Å². The maximum Gasteiger partial charge on any atom is 0.254 e. The average Bonchev–Trinajstić information content (AvgIpc) is 3.59. The Labute approximate surface area is 233 Å². The number of nitrogens with one attached hydrogen (secondary N) is 1. The van der Waals surface area contributed by atoms with Gasteiger partial charge in [0.15, 0.2) is 0 Å². The molecule has 2 heterocycles. The number of aromatic nitrogens is 2. The standard InChI is InChI=1S/C31H31ClN4O3/c1-21-5-9-23(10-6-21)28-19-36(26-15-7-22(2)8-16-26)31(33-28)34-29(37)20-35(18-27-4-3-17-39-27)30(38)24-11-13-25(32)14-12-24/h5-16,19,27H,3-4,17-18,20H2,1-2H3,(H,33,34,37)/t27-/m1/s1. The summed E-state index contributed by atoms with van der Waals surface area (Å²) in [6, 6.07) is 22.8. The normalized spacial score (nSPS) is 14.8. The SMILES string of the molecule is Cc1ccc(-c2cn(-c3ccc(C)cc3)c(NC(=O)CN(C[C@H]3CCCO3)C(=O)c3ccc(Cl)cc3)n2)cc1. The molecule has 1 aliphatic heterocycles. The second kappa shape index (κ2) is 11.8. The predicted molar refractivity (Wildman–Crippen MR) is 153 cm³/mol. The molecule has 0 bridgehead atoms. The number of anilines is 1. The van der Waals surface area contributed by atoms with E-state index in [0.717, 1.165) is 40.9 Å². The summed E-state index contributed by atoms with van der Waals surface area (Å²) in [5.41, 5.74) is 5.30. The minimum absolute atomic E-state index is 0.100. The summed E-state index contributed by atoms with van der Waals surface area (Å²) in [6.45, 7) is 4.92. The number of carbonyl (C=O) groups excluding carboxylic acids is 2. The largest absolute Gasteiger partial charge is 0.376 e. The van der Waals surface area contributed by atoms with Crippen LogP contribution in [-0.2, 0) is 9.53 Å². The summed E-state index contributed by atoms with van der Waals surface area (Å²) < 4.78 is 7.63. The lowest BCUT2D eigenvalue weighted by Crippen LogP contribution is -2.42. The first-order valence-electron chi connectivity index (χ1n) is 13.1. The second-order valence-corrected chi connectivity index (χ2v) is 10.3. The molecule has 8 heteroatoms. The van der Waals surface area contributed by atoms with Crippen molar-refractivity contribution < 1.29 is 14.3 Å². The maximum atomic E-state index is 13.4. The number of carbonyl (C=O) groups is 2. The van der Waals surface area contributed by atoms with Crippen LogP contribution in [0.15, 0.2) is 79.0 Å². The maximum absolute atomic E-state index is 13.4. The van der Waals surface area contributed by atoms with Crippen molar-refractivity contribution >= 4 is 29.4 Å². The van der Waals surface area contributed by atoms with Gasteiger partial charge in [0.05, 0.1) is 11.8 Å². The van der Waals surface area contributed by atoms with Crippen molar-refractivity contribution in [1.82, 2.24) is 14.5 Å². The monoisotopic (exact) mass is 542 g/mol. The molecule has 1 fully saturated rings. The van der Waals surface area contributed by atoms with E-state index in [4.69, 9.17) is 21.3 Å². The molecule has 4 aromatic rings. The third-order valence-electron chi connectivity index (χ3n) is 6.78. The fraction of sp³-hybridized carbons (Fsp3) is 0.258. The summed E-state index contributed by atoms with van der Waals surface area (Å²) in [4.78, 5) is 33.1. The molecule has 0 radical (unpaired) electrons. The number of hydrogen-bond donors (Lipinski definition) is 1. The van der Waals surface area contributed by atoms with E-state index < -0.39 is 0 Å². The third-order valence-corrected chi connectivity index (χ3v) is 7.03. The number of aryl methyl sites for hydroxylation is 2. The van der Waals surface area contributed by atoms with Gasteiger partial charge in [0, 0.05) is 41.2 Å². The number of halogens is 1. The van der Waals surface area contributed by atoms with E-state index in [0.29, 0.717) is 29.7 Å². The van der Waals surface area contributed by atoms with Crippen LogP contribution in [0.4, 0.5) is 5.95 Å². The smallest absolute Gasteiger partial charge is 0.254 e. The molecule has 1 atom stereocenters. The van der Waals surface area contributed by atoms with Crippen LogP contribution in [0.3, 0.4) is 0 Å². The van der Waals surface area contributed by atoms with Crippen LogP contribution in [0.1, 0.15) is 34.3 Å². The van der Waals surface area contributed by atoms with Gasteiger partial charge in [-0.2, -0.15) is 0 Å². The van der Waals surface area contributed by atoms with E-state index in [-0.39, 0.29) is 24.5 Å². The van der Waals surface area contributed by atoms with Crippen molar-refractivity contribution in [1.29, 1.82) is 0 Å². The molecule has 1 saturated heterocycles. The molecular formula is C31H31ClN4O3. The summed E-state index contributed by atoms with van der Waals surface area (Å²) in [5.74, 6) is -0.209. The molecule has 5 rings (SSSR count). The Morgan fingerprint density at radius 2 is 1.67 bits per heavy atom. The Morgan fingerprint density at radius 3 is 2.31 bits per heavy atom. The summed E-state index contributed by atoms with van der Waals surface area (Å²) in [5, 5.41) is 3.50. The topological polar surface area (TPSA) is 76.5 Å². The molecule has 7 nitrogen and oxygen atoms in total. The van der Waals surface area contributed by atoms with Gasteiger partial charge in [-0.15, -0.1) is 0 Å². The molecule has 0 saturated carbocycles. The molecule has 2 amide bonds. The first kappa shape index (κ1) is 26.7. The quantitative estimate of drug-likeness (QED) is 0.293. The van der Waals surface area contributed by atoms with E-state index in [2.05, 4.69) is 5.32 Å². The number of nitrogens with zero attached hydrogens (tertiary/aromatic N) is 3. The molecule has 1 aliphatic rings. The van der Waals surface area contributed by atoms with Gasteiger partial charge in [0.1, 0.15) is 6.54 Å². The number of amides is 2. The Morgan fingerprint density at radius 1 is 1.00 bits per heavy atom. The van der Waals surface area contributed by atoms with E-state index in [1.54, 1.807) is 24.3 Å². The Hall–Kier alpha value is -3.94. The van der Waals surface area contributed by atoms with E-state index >= 15 is 0 Å². The number of hydrogen-bond acceptors (Lipinski definition) is 4. The first-order valence-corrected chi connectivity index (χ1v) is 13.4. The van der Waals surface area contributed by atoms with Gasteiger partial charge < -0.3 is 9.64 Å². The first-order chi connectivity index (χ1) is 18.9. The fourth-order valence-electron chi connectivity index (χ4n) is 4.60. The van der Waals surface area contributed by atoms with Crippen LogP contribution < -0.4 is 5.32 Å². The minimum atomic E-state index is -0.343. The van der Waals surface area contributed by atoms with Crippen LogP contribution in [0.2, 0.25) is 5.02 Å². The summed E-state index contributed by atoms with van der Waals surface area (Å²) in [6.07, 6.45) is 3.60. The van der Waals surface area contributed by atoms with Crippen molar-refractivity contribution in [2.75, 3.05) is 25.0 Å². The molecule has 1 aromatic heterocycles. The van der Waals surface area contributed by atoms with Crippen molar-refractivity contribution in [2.24, 2.45) is 0 Å². The number of imidazole rings is 1. The molecule has 0 aliphatic carbocycles. The lowest BCUT2D eigenvalue weighted by Gasteiger charge is -2.25. The van der Waals surface area contributed by atoms with E-state index in [1.165, 1.54) is 4.90 Å². The Kier molecular flexibility index (Phi) is 8.10. The molecule has 39 heavy (non-hydrogen) atoms. The highest BCUT2D eigenvalue weighted by Crippen LogP contribution is 2.25. The van der Waals surface area contributed by atoms with Crippen molar-refractivity contribution in [2.45, 2.75) is 32.8 Å². The number of ether oxygens (including phenoxy) is 1. The zero-order valence-corrected chi connectivity index (χ0v) is 22.8. The van der Waals surface area contributed by atoms with Gasteiger partial charge in [0.25, 0.3) is 5.91 Å². The zero-order valence-electron chi connectivity index (χ0n) is 22.1. The Bertz CT molecular complexity index is 1440. The second-order valence-electron chi connectivity index (χ2n) is 9.90. The van der Waals surface area contributed by atoms with E-state index in [9.17, 15) is 9.59 Å². The minimum Gasteiger partial charge on any atom is -0.376 e. The highest BCUT2D eigenvalue weighted by molar-refractivity contribution is 6.30. The van der Waals surface area contributed by atoms with Crippen molar-refractivity contribution in [3.8, 4) is 16.9 Å². The molecule has 3 aromatic carbocycles. The highest BCUT2D eigenvalue weighted by Gasteiger charge is 2.26. The third kappa shape index (κ3) is 6.56. The van der Waals surface area contributed by atoms with Gasteiger partial charge in [-0.05, 0) is 63.1 Å². The van der Waals surface area contributed by atoms with Gasteiger partial charge in [0.2, 0.25) is 11.9 Å². The fourth-order valence-corrected chi connectivity index (χ4v) is 4.73. The van der Waals surface area contributed by atoms with Gasteiger partial charge in [-0.25, -0.2) is 4.98 Å². The summed E-state index contributed by atoms with van der Waals surface area (Å²) in [7, 11) is 0. The molecule has 200 valence electrons. The lowest BCUT2D eigenvalue weighted by molar-refractivity contribution is -0.117. The summed E-state index contributed by atoms with van der Waals surface area (Å²) >= 11 is 6.02. The van der Waals surface area contributed by atoms with Crippen molar-refractivity contribution in [3.63, 3.8) is 0 Å². The Balaban J connectivity index is 1.41. The average molecular weight is 543 g/mol. The van der Waals surface area contributed by atoms with E-state index in [1.807, 2.05) is 73.1 Å². The van der Waals surface area contributed by atoms with Gasteiger partial charge in [-0.3, -0.25) is 19.5 Å². The number of rotatable bonds is 8. The predicted octanol–water partition coefficient (Wildman–Crippen LogP) is 6.07. The van der Waals surface area contributed by atoms with Crippen LogP contribution in [0, 0.1) is 13.8 Å². The molecule has 0 spiro atoms. The molecule has 0 unspecified atom stereocenters. The van der Waals surface area contributed by atoms with Crippen molar-refractivity contribution in [3.05, 3.63) is 101 Å². The van der Waals surface area contributed by atoms with Crippen LogP contribution in [0.5, 0.6) is 0 Å². The van der Waals surface area contributed by atoms with Crippen LogP contribution in [0.25, 0.3) is 16.9 Å². The highest BCUT2D eigenvalue weighted by atomic mass is 35.5. The van der Waals surface area contributed by atoms with Crippen LogP contribution >= 0.6 is 11.6 Å². The van der Waals surface area contributed by atoms with Crippen LogP contribution in [-0.4, -0.2) is 52.1 Å².